The first-order chi connectivity index (χ1) is 14.4. The fourth-order valence-electron chi connectivity index (χ4n) is 2.95. The molecule has 0 unspecified atom stereocenters. The number of carbonyl (C=O) groups is 2. The van der Waals surface area contributed by atoms with Crippen LogP contribution in [0.1, 0.15) is 34.1 Å². The molecule has 1 aromatic carbocycles. The number of benzene rings is 1. The normalized spacial score (nSPS) is 18.8. The van der Waals surface area contributed by atoms with Gasteiger partial charge in [0.05, 0.1) is 30.4 Å². The summed E-state index contributed by atoms with van der Waals surface area (Å²) < 4.78 is 22.9. The predicted molar refractivity (Wildman–Crippen MR) is 116 cm³/mol. The van der Waals surface area contributed by atoms with Crippen LogP contribution in [0.15, 0.2) is 24.3 Å². The van der Waals surface area contributed by atoms with Crippen molar-refractivity contribution in [3.8, 4) is 5.75 Å². The average Bonchev–Trinajstić information content (AvgIpc) is 2.89. The minimum absolute atomic E-state index is 0.116. The van der Waals surface area contributed by atoms with E-state index in [-0.39, 0.29) is 13.2 Å². The van der Waals surface area contributed by atoms with E-state index in [1.807, 2.05) is 27.7 Å². The third kappa shape index (κ3) is 7.00. The van der Waals surface area contributed by atoms with Crippen molar-refractivity contribution >= 4 is 30.7 Å². The van der Waals surface area contributed by atoms with Gasteiger partial charge in [0.25, 0.3) is 0 Å². The van der Waals surface area contributed by atoms with Crippen molar-refractivity contribution in [2.24, 2.45) is 0 Å². The van der Waals surface area contributed by atoms with Gasteiger partial charge >= 0.3 is 13.2 Å². The Bertz CT molecular complexity index is 744. The Labute approximate surface area is 187 Å². The zero-order chi connectivity index (χ0) is 23.2. The molecule has 0 aromatic heterocycles. The molecule has 172 valence electrons. The minimum Gasteiger partial charge on any atom is -0.494 e. The predicted octanol–water partition coefficient (Wildman–Crippen LogP) is 2.51. The number of amides is 2. The quantitative estimate of drug-likeness (QED) is 0.463. The van der Waals surface area contributed by atoms with Crippen molar-refractivity contribution in [1.82, 2.24) is 10.6 Å². The summed E-state index contributed by atoms with van der Waals surface area (Å²) in [5.74, 6) is -0.501. The van der Waals surface area contributed by atoms with E-state index in [9.17, 15) is 9.59 Å². The standard InChI is InChI=1S/C20H30BClN2O7/c1-19(2)20(3,4)31-21(30-19)16(10-11-29-14-8-6-13(22)7-9-14)24-17(25)15(12-28-5)23-18(26)27/h6-9,15-16,23H,10-12H2,1-5H3,(H,24,25)(H,26,27)/t15-,16+/m1/s1. The van der Waals surface area contributed by atoms with Crippen LogP contribution in [0.3, 0.4) is 0 Å². The summed E-state index contributed by atoms with van der Waals surface area (Å²) in [4.78, 5) is 23.8. The number of ether oxygens (including phenoxy) is 2. The maximum atomic E-state index is 12.7. The number of carbonyl (C=O) groups excluding carboxylic acids is 1. The second-order valence-electron chi connectivity index (χ2n) is 8.29. The highest BCUT2D eigenvalue weighted by molar-refractivity contribution is 6.48. The Kier molecular flexibility index (Phi) is 8.59. The molecule has 9 nitrogen and oxygen atoms in total. The van der Waals surface area contributed by atoms with Crippen molar-refractivity contribution in [2.45, 2.75) is 57.3 Å². The maximum Gasteiger partial charge on any atom is 0.481 e. The summed E-state index contributed by atoms with van der Waals surface area (Å²) in [5, 5.41) is 14.6. The first-order valence-corrected chi connectivity index (χ1v) is 10.4. The van der Waals surface area contributed by atoms with Gasteiger partial charge in [-0.1, -0.05) is 11.6 Å². The fraction of sp³-hybridized carbons (Fsp3) is 0.600. The molecular formula is C20H30BClN2O7. The summed E-state index contributed by atoms with van der Waals surface area (Å²) in [7, 11) is 0.644. The van der Waals surface area contributed by atoms with E-state index in [0.29, 0.717) is 17.2 Å². The van der Waals surface area contributed by atoms with Crippen LogP contribution < -0.4 is 15.4 Å². The van der Waals surface area contributed by atoms with Crippen molar-refractivity contribution in [2.75, 3.05) is 20.3 Å². The van der Waals surface area contributed by atoms with E-state index >= 15 is 0 Å². The van der Waals surface area contributed by atoms with E-state index in [4.69, 9.17) is 35.5 Å². The number of nitrogens with one attached hydrogen (secondary N) is 2. The van der Waals surface area contributed by atoms with Crippen LogP contribution in [0.2, 0.25) is 5.02 Å². The molecule has 11 heteroatoms. The zero-order valence-corrected chi connectivity index (χ0v) is 19.2. The Morgan fingerprint density at radius 3 is 2.23 bits per heavy atom. The summed E-state index contributed by atoms with van der Waals surface area (Å²) >= 11 is 5.89. The van der Waals surface area contributed by atoms with E-state index in [1.165, 1.54) is 7.11 Å². The van der Waals surface area contributed by atoms with Gasteiger partial charge in [0.1, 0.15) is 11.8 Å². The maximum absolute atomic E-state index is 12.7. The van der Waals surface area contributed by atoms with Crippen LogP contribution in [-0.2, 0) is 18.8 Å². The van der Waals surface area contributed by atoms with Gasteiger partial charge in [-0.05, 0) is 52.0 Å². The van der Waals surface area contributed by atoms with Gasteiger partial charge in [-0.25, -0.2) is 4.79 Å². The molecule has 3 N–H and O–H groups in total. The largest absolute Gasteiger partial charge is 0.494 e. The number of carboxylic acid groups (broad SMARTS) is 1. The molecule has 0 saturated carbocycles. The summed E-state index contributed by atoms with van der Waals surface area (Å²) in [5.41, 5.74) is -1.19. The minimum atomic E-state index is -1.32. The van der Waals surface area contributed by atoms with Gasteiger partial charge in [-0.3, -0.25) is 4.79 Å². The highest BCUT2D eigenvalue weighted by Gasteiger charge is 2.54. The molecule has 0 bridgehead atoms. The third-order valence-electron chi connectivity index (χ3n) is 5.39. The van der Waals surface area contributed by atoms with E-state index in [2.05, 4.69) is 10.6 Å². The van der Waals surface area contributed by atoms with Crippen LogP contribution >= 0.6 is 11.6 Å². The first-order valence-electron chi connectivity index (χ1n) is 9.98. The second-order valence-corrected chi connectivity index (χ2v) is 8.72. The summed E-state index contributed by atoms with van der Waals surface area (Å²) in [6, 6.07) is 5.85. The lowest BCUT2D eigenvalue weighted by Crippen LogP contribution is -2.56. The molecule has 2 atom stereocenters. The topological polar surface area (TPSA) is 115 Å². The van der Waals surface area contributed by atoms with Crippen molar-refractivity contribution in [1.29, 1.82) is 0 Å². The monoisotopic (exact) mass is 456 g/mol. The zero-order valence-electron chi connectivity index (χ0n) is 18.4. The average molecular weight is 457 g/mol. The van der Waals surface area contributed by atoms with Crippen LogP contribution in [0.25, 0.3) is 0 Å². The lowest BCUT2D eigenvalue weighted by atomic mass is 9.76. The van der Waals surface area contributed by atoms with Crippen molar-refractivity contribution in [3.05, 3.63) is 29.3 Å². The first kappa shape index (κ1) is 25.3. The Morgan fingerprint density at radius 1 is 1.13 bits per heavy atom. The number of hydrogen-bond donors (Lipinski definition) is 3. The number of halogens is 1. The molecular weight excluding hydrogens is 426 g/mol. The van der Waals surface area contributed by atoms with Crippen LogP contribution in [0.5, 0.6) is 5.75 Å². The fourth-order valence-corrected chi connectivity index (χ4v) is 3.07. The Hall–Kier alpha value is -2.01. The SMILES string of the molecule is COC[C@@H](NC(=O)O)C(=O)N[C@@H](CCOc1ccc(Cl)cc1)B1OC(C)(C)C(C)(C)O1. The smallest absolute Gasteiger partial charge is 0.481 e. The van der Waals surface area contributed by atoms with Crippen molar-refractivity contribution < 1.29 is 33.5 Å². The van der Waals surface area contributed by atoms with Gasteiger partial charge in [0.2, 0.25) is 5.91 Å². The van der Waals surface area contributed by atoms with Gasteiger partial charge in [0, 0.05) is 18.6 Å². The van der Waals surface area contributed by atoms with E-state index in [1.54, 1.807) is 24.3 Å². The molecule has 1 saturated heterocycles. The molecule has 0 radical (unpaired) electrons. The molecule has 1 aliphatic rings. The van der Waals surface area contributed by atoms with Crippen LogP contribution in [0.4, 0.5) is 4.79 Å². The number of methoxy groups -OCH3 is 1. The molecule has 0 spiro atoms. The van der Waals surface area contributed by atoms with E-state index in [0.717, 1.165) is 0 Å². The lowest BCUT2D eigenvalue weighted by Gasteiger charge is -2.32. The lowest BCUT2D eigenvalue weighted by molar-refractivity contribution is -0.124. The number of hydrogen-bond acceptors (Lipinski definition) is 6. The summed E-state index contributed by atoms with van der Waals surface area (Å²) in [6.07, 6.45) is -0.965. The summed E-state index contributed by atoms with van der Waals surface area (Å²) in [6.45, 7) is 7.80. The molecule has 2 amide bonds. The highest BCUT2D eigenvalue weighted by Crippen LogP contribution is 2.37. The third-order valence-corrected chi connectivity index (χ3v) is 5.64. The van der Waals surface area contributed by atoms with Gasteiger partial charge in [-0.2, -0.15) is 0 Å². The number of rotatable bonds is 10. The Morgan fingerprint density at radius 2 is 1.71 bits per heavy atom. The molecule has 2 rings (SSSR count). The molecule has 1 aromatic rings. The Balaban J connectivity index is 2.10. The molecule has 1 aliphatic heterocycles. The van der Waals surface area contributed by atoms with Gasteiger partial charge < -0.3 is 34.5 Å². The van der Waals surface area contributed by atoms with Gasteiger partial charge in [0.15, 0.2) is 0 Å². The van der Waals surface area contributed by atoms with Crippen LogP contribution in [-0.4, -0.2) is 67.7 Å². The van der Waals surface area contributed by atoms with Gasteiger partial charge in [-0.15, -0.1) is 0 Å². The molecule has 1 heterocycles. The van der Waals surface area contributed by atoms with Crippen molar-refractivity contribution in [3.63, 3.8) is 0 Å². The molecule has 1 fully saturated rings. The molecule has 0 aliphatic carbocycles. The molecule has 31 heavy (non-hydrogen) atoms. The van der Waals surface area contributed by atoms with Crippen LogP contribution in [0, 0.1) is 0 Å². The second kappa shape index (κ2) is 10.5. The highest BCUT2D eigenvalue weighted by atomic mass is 35.5. The van der Waals surface area contributed by atoms with E-state index < -0.39 is 42.3 Å².